The molecule has 1 rings (SSSR count). The first-order chi connectivity index (χ1) is 6.00. The molecule has 1 atom stereocenters. The zero-order chi connectivity index (χ0) is 10.0. The van der Waals surface area contributed by atoms with E-state index in [1.165, 1.54) is 0 Å². The number of carbonyl (C=O) groups excluding carboxylic acids is 1. The second kappa shape index (κ2) is 4.09. The monoisotopic (exact) mass is 217 g/mol. The molecule has 70 valence electrons. The van der Waals surface area contributed by atoms with Crippen molar-refractivity contribution >= 4 is 29.0 Å². The first kappa shape index (κ1) is 10.5. The Hall–Kier alpha value is -0.570. The summed E-state index contributed by atoms with van der Waals surface area (Å²) in [6, 6.07) is 4.15. The fraction of sp³-hybridized carbons (Fsp3) is 0.222. The Labute approximate surface area is 86.6 Å². The molecule has 2 N–H and O–H groups in total. The summed E-state index contributed by atoms with van der Waals surface area (Å²) in [5, 5.41) is 0.882. The number of nitrogens with two attached hydrogens (primary N) is 1. The summed E-state index contributed by atoms with van der Waals surface area (Å²) in [6.45, 7) is 1.62. The van der Waals surface area contributed by atoms with Crippen molar-refractivity contribution in [3.63, 3.8) is 0 Å². The third-order valence-electron chi connectivity index (χ3n) is 1.56. The van der Waals surface area contributed by atoms with Gasteiger partial charge in [-0.3, -0.25) is 4.79 Å². The van der Waals surface area contributed by atoms with Crippen LogP contribution < -0.4 is 5.73 Å². The molecule has 4 heteroatoms. The molecule has 1 unspecified atom stereocenters. The van der Waals surface area contributed by atoms with Crippen LogP contribution >= 0.6 is 23.2 Å². The SMILES string of the molecule is CC(N)C(=O)c1cc(Cl)cc(Cl)c1. The van der Waals surface area contributed by atoms with Crippen LogP contribution in [0.4, 0.5) is 0 Å². The van der Waals surface area contributed by atoms with Crippen molar-refractivity contribution in [3.05, 3.63) is 33.8 Å². The summed E-state index contributed by atoms with van der Waals surface area (Å²) in [6.07, 6.45) is 0. The minimum atomic E-state index is -0.533. The molecule has 0 saturated carbocycles. The van der Waals surface area contributed by atoms with Crippen molar-refractivity contribution in [2.24, 2.45) is 5.73 Å². The highest BCUT2D eigenvalue weighted by Crippen LogP contribution is 2.19. The van der Waals surface area contributed by atoms with Crippen molar-refractivity contribution in [3.8, 4) is 0 Å². The van der Waals surface area contributed by atoms with Gasteiger partial charge in [0.25, 0.3) is 0 Å². The van der Waals surface area contributed by atoms with Crippen molar-refractivity contribution < 1.29 is 4.79 Å². The molecule has 13 heavy (non-hydrogen) atoms. The minimum Gasteiger partial charge on any atom is -0.321 e. The van der Waals surface area contributed by atoms with E-state index in [0.717, 1.165) is 0 Å². The van der Waals surface area contributed by atoms with Gasteiger partial charge in [-0.05, 0) is 25.1 Å². The molecule has 0 aromatic heterocycles. The lowest BCUT2D eigenvalue weighted by atomic mass is 10.1. The van der Waals surface area contributed by atoms with Gasteiger partial charge in [0.15, 0.2) is 5.78 Å². The van der Waals surface area contributed by atoms with Crippen LogP contribution in [0.5, 0.6) is 0 Å². The zero-order valence-electron chi connectivity index (χ0n) is 7.05. The average molecular weight is 218 g/mol. The van der Waals surface area contributed by atoms with Crippen LogP contribution in [-0.2, 0) is 0 Å². The molecule has 0 aliphatic rings. The molecule has 1 aromatic carbocycles. The molecule has 1 aromatic rings. The lowest BCUT2D eigenvalue weighted by molar-refractivity contribution is 0.0968. The Kier molecular flexibility index (Phi) is 3.31. The molecule has 0 bridgehead atoms. The van der Waals surface area contributed by atoms with Crippen molar-refractivity contribution in [1.29, 1.82) is 0 Å². The lowest BCUT2D eigenvalue weighted by Crippen LogP contribution is -2.26. The first-order valence-electron chi connectivity index (χ1n) is 3.76. The van der Waals surface area contributed by atoms with Crippen LogP contribution in [0.2, 0.25) is 10.0 Å². The van der Waals surface area contributed by atoms with Crippen LogP contribution in [0.3, 0.4) is 0 Å². The third-order valence-corrected chi connectivity index (χ3v) is 2.00. The zero-order valence-corrected chi connectivity index (χ0v) is 8.56. The van der Waals surface area contributed by atoms with E-state index < -0.39 is 6.04 Å². The van der Waals surface area contributed by atoms with Crippen LogP contribution in [0, 0.1) is 0 Å². The molecule has 0 spiro atoms. The molecule has 0 amide bonds. The van der Waals surface area contributed by atoms with E-state index in [0.29, 0.717) is 15.6 Å². The van der Waals surface area contributed by atoms with Gasteiger partial charge >= 0.3 is 0 Å². The van der Waals surface area contributed by atoms with E-state index >= 15 is 0 Å². The van der Waals surface area contributed by atoms with E-state index in [4.69, 9.17) is 28.9 Å². The summed E-state index contributed by atoms with van der Waals surface area (Å²) >= 11 is 11.4. The average Bonchev–Trinajstić information content (AvgIpc) is 2.01. The number of benzene rings is 1. The van der Waals surface area contributed by atoms with Crippen LogP contribution in [0.1, 0.15) is 17.3 Å². The van der Waals surface area contributed by atoms with Crippen LogP contribution in [0.15, 0.2) is 18.2 Å². The maximum atomic E-state index is 11.4. The highest BCUT2D eigenvalue weighted by molar-refractivity contribution is 6.35. The van der Waals surface area contributed by atoms with Gasteiger partial charge in [-0.2, -0.15) is 0 Å². The first-order valence-corrected chi connectivity index (χ1v) is 4.52. The van der Waals surface area contributed by atoms with Crippen molar-refractivity contribution in [1.82, 2.24) is 0 Å². The Morgan fingerprint density at radius 2 is 1.77 bits per heavy atom. The molecular formula is C9H9Cl2NO. The minimum absolute atomic E-state index is 0.163. The Morgan fingerprint density at radius 3 is 2.15 bits per heavy atom. The van der Waals surface area contributed by atoms with Gasteiger partial charge in [0, 0.05) is 15.6 Å². The molecular weight excluding hydrogens is 209 g/mol. The van der Waals surface area contributed by atoms with E-state index in [-0.39, 0.29) is 5.78 Å². The summed E-state index contributed by atoms with van der Waals surface area (Å²) in [5.41, 5.74) is 5.88. The maximum absolute atomic E-state index is 11.4. The maximum Gasteiger partial charge on any atom is 0.179 e. The normalized spacial score (nSPS) is 12.6. The van der Waals surface area contributed by atoms with E-state index in [9.17, 15) is 4.79 Å². The molecule has 0 aliphatic heterocycles. The number of ketones is 1. The Bertz CT molecular complexity index is 316. The van der Waals surface area contributed by atoms with Crippen LogP contribution in [0.25, 0.3) is 0 Å². The summed E-state index contributed by atoms with van der Waals surface area (Å²) in [5.74, 6) is -0.163. The Balaban J connectivity index is 3.08. The number of hydrogen-bond donors (Lipinski definition) is 1. The highest BCUT2D eigenvalue weighted by atomic mass is 35.5. The smallest absolute Gasteiger partial charge is 0.179 e. The van der Waals surface area contributed by atoms with Crippen LogP contribution in [-0.4, -0.2) is 11.8 Å². The van der Waals surface area contributed by atoms with E-state index in [1.807, 2.05) is 0 Å². The summed E-state index contributed by atoms with van der Waals surface area (Å²) in [7, 11) is 0. The van der Waals surface area contributed by atoms with Gasteiger partial charge in [-0.25, -0.2) is 0 Å². The van der Waals surface area contributed by atoms with Gasteiger partial charge in [-0.1, -0.05) is 23.2 Å². The molecule has 0 heterocycles. The topological polar surface area (TPSA) is 43.1 Å². The van der Waals surface area contributed by atoms with Crippen molar-refractivity contribution in [2.75, 3.05) is 0 Å². The Morgan fingerprint density at radius 1 is 1.31 bits per heavy atom. The van der Waals surface area contributed by atoms with Gasteiger partial charge in [0.2, 0.25) is 0 Å². The number of rotatable bonds is 2. The molecule has 2 nitrogen and oxygen atoms in total. The molecule has 0 saturated heterocycles. The van der Waals surface area contributed by atoms with Gasteiger partial charge in [0.1, 0.15) is 0 Å². The van der Waals surface area contributed by atoms with E-state index in [2.05, 4.69) is 0 Å². The molecule has 0 fully saturated rings. The quantitative estimate of drug-likeness (QED) is 0.775. The highest BCUT2D eigenvalue weighted by Gasteiger charge is 2.11. The van der Waals surface area contributed by atoms with E-state index in [1.54, 1.807) is 25.1 Å². The van der Waals surface area contributed by atoms with Gasteiger partial charge in [-0.15, -0.1) is 0 Å². The second-order valence-corrected chi connectivity index (χ2v) is 3.68. The molecule has 0 aliphatic carbocycles. The largest absolute Gasteiger partial charge is 0.321 e. The number of Topliss-reactive ketones (excluding diaryl/α,β-unsaturated/α-hetero) is 1. The number of hydrogen-bond acceptors (Lipinski definition) is 2. The third kappa shape index (κ3) is 2.69. The summed E-state index contributed by atoms with van der Waals surface area (Å²) < 4.78 is 0. The lowest BCUT2D eigenvalue weighted by Gasteiger charge is -2.04. The van der Waals surface area contributed by atoms with Crippen molar-refractivity contribution in [2.45, 2.75) is 13.0 Å². The fourth-order valence-electron chi connectivity index (χ4n) is 0.959. The fourth-order valence-corrected chi connectivity index (χ4v) is 1.49. The second-order valence-electron chi connectivity index (χ2n) is 2.81. The number of carbonyl (C=O) groups is 1. The van der Waals surface area contributed by atoms with Gasteiger partial charge in [0.05, 0.1) is 6.04 Å². The molecule has 0 radical (unpaired) electrons. The standard InChI is InChI=1S/C9H9Cl2NO/c1-5(12)9(13)6-2-7(10)4-8(11)3-6/h2-5H,12H2,1H3. The summed E-state index contributed by atoms with van der Waals surface area (Å²) in [4.78, 5) is 11.4. The predicted molar refractivity (Wildman–Crippen MR) is 54.4 cm³/mol. The predicted octanol–water partition coefficient (Wildman–Crippen LogP) is 2.52. The number of halogens is 2. The van der Waals surface area contributed by atoms with Gasteiger partial charge < -0.3 is 5.73 Å².